The lowest BCUT2D eigenvalue weighted by Crippen LogP contribution is -2.50. The number of hydrogen-bond donors (Lipinski definition) is 1. The molecule has 2 aromatic rings. The summed E-state index contributed by atoms with van der Waals surface area (Å²) in [6.07, 6.45) is 0.671. The Bertz CT molecular complexity index is 828. The molecule has 2 atom stereocenters. The van der Waals surface area contributed by atoms with E-state index in [4.69, 9.17) is 11.6 Å². The van der Waals surface area contributed by atoms with E-state index in [1.807, 2.05) is 19.9 Å². The molecule has 0 bridgehead atoms. The van der Waals surface area contributed by atoms with Crippen LogP contribution in [0.2, 0.25) is 5.02 Å². The number of nitrogens with zero attached hydrogens (tertiary/aromatic N) is 1. The van der Waals surface area contributed by atoms with Gasteiger partial charge in [0, 0.05) is 17.6 Å². The highest BCUT2D eigenvalue weighted by atomic mass is 35.5. The first-order valence-corrected chi connectivity index (χ1v) is 9.77. The van der Waals surface area contributed by atoms with E-state index in [-0.39, 0.29) is 30.8 Å². The van der Waals surface area contributed by atoms with Crippen molar-refractivity contribution in [2.24, 2.45) is 0 Å². The molecule has 28 heavy (non-hydrogen) atoms. The molecule has 6 heteroatoms. The van der Waals surface area contributed by atoms with Gasteiger partial charge in [0.1, 0.15) is 11.9 Å². The second kappa shape index (κ2) is 10.2. The summed E-state index contributed by atoms with van der Waals surface area (Å²) >= 11 is 6.06. The highest BCUT2D eigenvalue weighted by Crippen LogP contribution is 2.17. The standard InChI is InChI=1S/C22H26ClFN2O2/c1-4-15(2)25-22(28)16(3)26(14-17-8-7-10-19(23)12-17)21(27)13-18-9-5-6-11-20(18)24/h5-12,15-16H,4,13-14H2,1-3H3,(H,25,28)/t15-,16-/m0/s1. The van der Waals surface area contributed by atoms with Gasteiger partial charge in [0.05, 0.1) is 6.42 Å². The summed E-state index contributed by atoms with van der Waals surface area (Å²) < 4.78 is 14.0. The second-order valence-corrected chi connectivity index (χ2v) is 7.35. The van der Waals surface area contributed by atoms with E-state index in [0.29, 0.717) is 10.6 Å². The predicted octanol–water partition coefficient (Wildman–Crippen LogP) is 4.35. The van der Waals surface area contributed by atoms with Crippen molar-refractivity contribution < 1.29 is 14.0 Å². The molecule has 150 valence electrons. The topological polar surface area (TPSA) is 49.4 Å². The third-order valence-corrected chi connectivity index (χ3v) is 4.94. The van der Waals surface area contributed by atoms with Crippen LogP contribution in [0.1, 0.15) is 38.3 Å². The molecular formula is C22H26ClFN2O2. The number of rotatable bonds is 8. The van der Waals surface area contributed by atoms with Crippen LogP contribution in [0, 0.1) is 5.82 Å². The highest BCUT2D eigenvalue weighted by molar-refractivity contribution is 6.30. The van der Waals surface area contributed by atoms with Crippen LogP contribution in [0.15, 0.2) is 48.5 Å². The molecule has 0 radical (unpaired) electrons. The lowest BCUT2D eigenvalue weighted by Gasteiger charge is -2.30. The summed E-state index contributed by atoms with van der Waals surface area (Å²) in [6, 6.07) is 12.6. The molecule has 0 aromatic heterocycles. The fourth-order valence-electron chi connectivity index (χ4n) is 2.79. The molecule has 0 saturated heterocycles. The van der Waals surface area contributed by atoms with E-state index in [2.05, 4.69) is 5.32 Å². The minimum Gasteiger partial charge on any atom is -0.352 e. The Hall–Kier alpha value is -2.40. The van der Waals surface area contributed by atoms with Gasteiger partial charge in [0.15, 0.2) is 0 Å². The number of benzene rings is 2. The Morgan fingerprint density at radius 3 is 2.50 bits per heavy atom. The smallest absolute Gasteiger partial charge is 0.242 e. The van der Waals surface area contributed by atoms with Crippen molar-refractivity contribution in [3.05, 3.63) is 70.5 Å². The van der Waals surface area contributed by atoms with Gasteiger partial charge in [-0.2, -0.15) is 0 Å². The van der Waals surface area contributed by atoms with Gasteiger partial charge >= 0.3 is 0 Å². The Balaban J connectivity index is 2.25. The fourth-order valence-corrected chi connectivity index (χ4v) is 3.00. The molecule has 0 aliphatic heterocycles. The van der Waals surface area contributed by atoms with E-state index >= 15 is 0 Å². The zero-order chi connectivity index (χ0) is 20.7. The number of halogens is 2. The van der Waals surface area contributed by atoms with E-state index in [1.165, 1.54) is 11.0 Å². The van der Waals surface area contributed by atoms with Gasteiger partial charge in [0.2, 0.25) is 11.8 Å². The lowest BCUT2D eigenvalue weighted by molar-refractivity contribution is -0.140. The second-order valence-electron chi connectivity index (χ2n) is 6.91. The van der Waals surface area contributed by atoms with Crippen LogP contribution in [0.3, 0.4) is 0 Å². The van der Waals surface area contributed by atoms with E-state index < -0.39 is 11.9 Å². The first-order chi connectivity index (χ1) is 13.3. The molecule has 0 heterocycles. The summed E-state index contributed by atoms with van der Waals surface area (Å²) in [4.78, 5) is 27.1. The number of amides is 2. The minimum atomic E-state index is -0.702. The minimum absolute atomic E-state index is 0.00430. The molecule has 0 unspecified atom stereocenters. The normalized spacial score (nSPS) is 12.9. The third kappa shape index (κ3) is 6.06. The number of hydrogen-bond acceptors (Lipinski definition) is 2. The SMILES string of the molecule is CC[C@H](C)NC(=O)[C@H](C)N(Cc1cccc(Cl)c1)C(=O)Cc1ccccc1F. The van der Waals surface area contributed by atoms with Crippen molar-refractivity contribution >= 4 is 23.4 Å². The van der Waals surface area contributed by atoms with Crippen molar-refractivity contribution in [2.45, 2.75) is 52.2 Å². The maximum Gasteiger partial charge on any atom is 0.242 e. The Labute approximate surface area is 170 Å². The van der Waals surface area contributed by atoms with Crippen LogP contribution in [0.25, 0.3) is 0 Å². The zero-order valence-electron chi connectivity index (χ0n) is 16.4. The van der Waals surface area contributed by atoms with Crippen molar-refractivity contribution in [1.29, 1.82) is 0 Å². The van der Waals surface area contributed by atoms with E-state index in [1.54, 1.807) is 43.3 Å². The molecule has 0 aliphatic rings. The van der Waals surface area contributed by atoms with Crippen molar-refractivity contribution in [3.63, 3.8) is 0 Å². The van der Waals surface area contributed by atoms with Gasteiger partial charge in [-0.05, 0) is 49.6 Å². The Kier molecular flexibility index (Phi) is 8.00. The largest absolute Gasteiger partial charge is 0.352 e. The summed E-state index contributed by atoms with van der Waals surface area (Å²) in [7, 11) is 0. The maximum atomic E-state index is 14.0. The summed E-state index contributed by atoms with van der Waals surface area (Å²) in [5.74, 6) is -0.995. The molecule has 1 N–H and O–H groups in total. The molecule has 0 aliphatic carbocycles. The molecule has 0 spiro atoms. The van der Waals surface area contributed by atoms with Crippen LogP contribution in [0.4, 0.5) is 4.39 Å². The number of carbonyl (C=O) groups is 2. The Morgan fingerprint density at radius 2 is 1.86 bits per heavy atom. The van der Waals surface area contributed by atoms with Gasteiger partial charge in [-0.15, -0.1) is 0 Å². The summed E-state index contributed by atoms with van der Waals surface area (Å²) in [6.45, 7) is 5.78. The van der Waals surface area contributed by atoms with Crippen molar-refractivity contribution in [2.75, 3.05) is 0 Å². The Morgan fingerprint density at radius 1 is 1.14 bits per heavy atom. The first kappa shape index (κ1) is 21.9. The highest BCUT2D eigenvalue weighted by Gasteiger charge is 2.27. The van der Waals surface area contributed by atoms with Crippen LogP contribution in [-0.4, -0.2) is 28.8 Å². The first-order valence-electron chi connectivity index (χ1n) is 9.39. The average molecular weight is 405 g/mol. The van der Waals surface area contributed by atoms with E-state index in [0.717, 1.165) is 12.0 Å². The molecule has 0 fully saturated rings. The fraction of sp³-hybridized carbons (Fsp3) is 0.364. The van der Waals surface area contributed by atoms with Crippen LogP contribution in [-0.2, 0) is 22.6 Å². The van der Waals surface area contributed by atoms with Gasteiger partial charge in [-0.25, -0.2) is 4.39 Å². The molecule has 0 saturated carbocycles. The van der Waals surface area contributed by atoms with Crippen LogP contribution >= 0.6 is 11.6 Å². The maximum absolute atomic E-state index is 14.0. The third-order valence-electron chi connectivity index (χ3n) is 4.71. The zero-order valence-corrected chi connectivity index (χ0v) is 17.2. The average Bonchev–Trinajstić information content (AvgIpc) is 2.67. The quantitative estimate of drug-likeness (QED) is 0.710. The lowest BCUT2D eigenvalue weighted by atomic mass is 10.1. The van der Waals surface area contributed by atoms with Gasteiger partial charge in [-0.3, -0.25) is 9.59 Å². The monoisotopic (exact) mass is 404 g/mol. The van der Waals surface area contributed by atoms with E-state index in [9.17, 15) is 14.0 Å². The number of carbonyl (C=O) groups excluding carboxylic acids is 2. The van der Waals surface area contributed by atoms with Gasteiger partial charge in [0.25, 0.3) is 0 Å². The number of nitrogens with one attached hydrogen (secondary N) is 1. The van der Waals surface area contributed by atoms with Crippen molar-refractivity contribution in [1.82, 2.24) is 10.2 Å². The summed E-state index contributed by atoms with van der Waals surface area (Å²) in [5, 5.41) is 3.46. The molecule has 4 nitrogen and oxygen atoms in total. The molecular weight excluding hydrogens is 379 g/mol. The van der Waals surface area contributed by atoms with Crippen LogP contribution in [0.5, 0.6) is 0 Å². The van der Waals surface area contributed by atoms with Crippen LogP contribution < -0.4 is 5.32 Å². The van der Waals surface area contributed by atoms with Gasteiger partial charge < -0.3 is 10.2 Å². The van der Waals surface area contributed by atoms with Crippen molar-refractivity contribution in [3.8, 4) is 0 Å². The predicted molar refractivity (Wildman–Crippen MR) is 109 cm³/mol. The van der Waals surface area contributed by atoms with Gasteiger partial charge in [-0.1, -0.05) is 48.9 Å². The molecule has 2 aromatic carbocycles. The molecule has 2 rings (SSSR count). The molecule has 2 amide bonds. The summed E-state index contributed by atoms with van der Waals surface area (Å²) in [5.41, 5.74) is 1.11.